The van der Waals surface area contributed by atoms with Crippen LogP contribution in [0.15, 0.2) is 0 Å². The van der Waals surface area contributed by atoms with E-state index in [1.165, 1.54) is 11.5 Å². The molecule has 0 fully saturated rings. The van der Waals surface area contributed by atoms with E-state index in [0.29, 0.717) is 6.54 Å². The molecule has 0 spiro atoms. The van der Waals surface area contributed by atoms with Gasteiger partial charge in [0.25, 0.3) is 0 Å². The fourth-order valence-corrected chi connectivity index (χ4v) is 1.23. The molecule has 1 aromatic rings. The average molecular weight is 168 g/mol. The lowest BCUT2D eigenvalue weighted by Crippen LogP contribution is -1.97. The zero-order valence-corrected chi connectivity index (χ0v) is 6.98. The van der Waals surface area contributed by atoms with Crippen molar-refractivity contribution < 1.29 is 0 Å². The molecule has 1 aromatic heterocycles. The summed E-state index contributed by atoms with van der Waals surface area (Å²) >= 11 is 1.29. The second-order valence-corrected chi connectivity index (χ2v) is 2.63. The molecule has 0 amide bonds. The maximum Gasteiger partial charge on any atom is 0.203 e. The van der Waals surface area contributed by atoms with Crippen LogP contribution >= 0.6 is 11.5 Å². The zero-order valence-electron chi connectivity index (χ0n) is 6.16. The SMILES string of the molecule is CCc1nsc(NCC#N)n1. The van der Waals surface area contributed by atoms with E-state index < -0.39 is 0 Å². The molecule has 58 valence electrons. The Kier molecular flexibility index (Phi) is 2.81. The molecule has 1 heterocycles. The molecule has 0 unspecified atom stereocenters. The molecule has 4 nitrogen and oxygen atoms in total. The minimum atomic E-state index is 0.290. The first-order chi connectivity index (χ1) is 5.36. The van der Waals surface area contributed by atoms with Gasteiger partial charge in [-0.1, -0.05) is 6.92 Å². The van der Waals surface area contributed by atoms with E-state index >= 15 is 0 Å². The van der Waals surface area contributed by atoms with Crippen molar-refractivity contribution in [1.82, 2.24) is 9.36 Å². The highest BCUT2D eigenvalue weighted by Gasteiger charge is 1.99. The van der Waals surface area contributed by atoms with Crippen molar-refractivity contribution in [3.8, 4) is 6.07 Å². The lowest BCUT2D eigenvalue weighted by Gasteiger charge is -1.89. The third kappa shape index (κ3) is 2.16. The van der Waals surface area contributed by atoms with Gasteiger partial charge in [0, 0.05) is 18.0 Å². The Hall–Kier alpha value is -1.15. The third-order valence-corrected chi connectivity index (χ3v) is 1.81. The van der Waals surface area contributed by atoms with Crippen molar-refractivity contribution in [3.63, 3.8) is 0 Å². The molecule has 0 saturated heterocycles. The zero-order chi connectivity index (χ0) is 8.10. The Balaban J connectivity index is 2.53. The van der Waals surface area contributed by atoms with E-state index in [1.807, 2.05) is 13.0 Å². The molecular weight excluding hydrogens is 160 g/mol. The predicted octanol–water partition coefficient (Wildman–Crippen LogP) is 1.04. The van der Waals surface area contributed by atoms with Gasteiger partial charge < -0.3 is 5.32 Å². The molecule has 0 aliphatic heterocycles. The van der Waals surface area contributed by atoms with Crippen molar-refractivity contribution in [3.05, 3.63) is 5.82 Å². The molecule has 11 heavy (non-hydrogen) atoms. The summed E-state index contributed by atoms with van der Waals surface area (Å²) in [6.07, 6.45) is 0.838. The van der Waals surface area contributed by atoms with E-state index in [2.05, 4.69) is 14.7 Å². The predicted molar refractivity (Wildman–Crippen MR) is 43.4 cm³/mol. The van der Waals surface area contributed by atoms with Crippen molar-refractivity contribution in [2.45, 2.75) is 13.3 Å². The molecule has 0 aromatic carbocycles. The van der Waals surface area contributed by atoms with Gasteiger partial charge in [-0.2, -0.15) is 9.64 Å². The van der Waals surface area contributed by atoms with Gasteiger partial charge in [0.1, 0.15) is 12.4 Å². The van der Waals surface area contributed by atoms with E-state index in [1.54, 1.807) is 0 Å². The number of hydrogen-bond acceptors (Lipinski definition) is 5. The molecule has 1 rings (SSSR count). The molecule has 0 bridgehead atoms. The van der Waals surface area contributed by atoms with E-state index in [4.69, 9.17) is 5.26 Å². The maximum absolute atomic E-state index is 8.24. The summed E-state index contributed by atoms with van der Waals surface area (Å²) in [5.41, 5.74) is 0. The van der Waals surface area contributed by atoms with Crippen LogP contribution in [0.2, 0.25) is 0 Å². The Morgan fingerprint density at radius 2 is 2.55 bits per heavy atom. The summed E-state index contributed by atoms with van der Waals surface area (Å²) in [5, 5.41) is 11.8. The van der Waals surface area contributed by atoms with Crippen LogP contribution in [0.1, 0.15) is 12.7 Å². The van der Waals surface area contributed by atoms with Gasteiger partial charge in [-0.3, -0.25) is 0 Å². The molecule has 1 N–H and O–H groups in total. The van der Waals surface area contributed by atoms with Crippen molar-refractivity contribution in [2.24, 2.45) is 0 Å². The first-order valence-electron chi connectivity index (χ1n) is 3.30. The van der Waals surface area contributed by atoms with Crippen LogP contribution in [0, 0.1) is 11.3 Å². The van der Waals surface area contributed by atoms with Gasteiger partial charge in [-0.25, -0.2) is 4.98 Å². The summed E-state index contributed by atoms with van der Waals surface area (Å²) in [4.78, 5) is 4.11. The van der Waals surface area contributed by atoms with Crippen LogP contribution in [0.25, 0.3) is 0 Å². The van der Waals surface area contributed by atoms with E-state index in [-0.39, 0.29) is 0 Å². The second-order valence-electron chi connectivity index (χ2n) is 1.88. The quantitative estimate of drug-likeness (QED) is 0.685. The number of aromatic nitrogens is 2. The minimum Gasteiger partial charge on any atom is -0.347 e. The molecule has 0 aliphatic rings. The fraction of sp³-hybridized carbons (Fsp3) is 0.500. The van der Waals surface area contributed by atoms with Crippen molar-refractivity contribution in [2.75, 3.05) is 11.9 Å². The molecular formula is C6H8N4S. The van der Waals surface area contributed by atoms with E-state index in [0.717, 1.165) is 17.4 Å². The minimum absolute atomic E-state index is 0.290. The molecule has 0 saturated carbocycles. The average Bonchev–Trinajstić information content (AvgIpc) is 2.48. The summed E-state index contributed by atoms with van der Waals surface area (Å²) in [7, 11) is 0. The maximum atomic E-state index is 8.24. The molecule has 0 atom stereocenters. The summed E-state index contributed by atoms with van der Waals surface area (Å²) < 4.78 is 4.05. The van der Waals surface area contributed by atoms with Gasteiger partial charge in [0.05, 0.1) is 6.07 Å². The number of aryl methyl sites for hydroxylation is 1. The largest absolute Gasteiger partial charge is 0.347 e. The lowest BCUT2D eigenvalue weighted by molar-refractivity contribution is 0.998. The summed E-state index contributed by atoms with van der Waals surface area (Å²) in [6, 6.07) is 1.97. The summed E-state index contributed by atoms with van der Waals surface area (Å²) in [5.74, 6) is 0.829. The highest BCUT2D eigenvalue weighted by atomic mass is 32.1. The van der Waals surface area contributed by atoms with Crippen LogP contribution in [0.3, 0.4) is 0 Å². The molecule has 0 radical (unpaired) electrons. The van der Waals surface area contributed by atoms with Gasteiger partial charge in [0.15, 0.2) is 0 Å². The Labute approximate surface area is 69.1 Å². The standard InChI is InChI=1S/C6H8N4S/c1-2-5-9-6(11-10-5)8-4-3-7/h2,4H2,1H3,(H,8,9,10). The molecule has 0 aliphatic carbocycles. The number of rotatable bonds is 3. The van der Waals surface area contributed by atoms with Gasteiger partial charge in [-0.15, -0.1) is 0 Å². The second kappa shape index (κ2) is 3.88. The van der Waals surface area contributed by atoms with Crippen molar-refractivity contribution >= 4 is 16.7 Å². The van der Waals surface area contributed by atoms with Crippen LogP contribution in [0.4, 0.5) is 5.13 Å². The number of hydrogen-bond donors (Lipinski definition) is 1. The normalized spacial score (nSPS) is 9.09. The number of nitrogens with one attached hydrogen (secondary N) is 1. The number of nitrogens with zero attached hydrogens (tertiary/aromatic N) is 3. The smallest absolute Gasteiger partial charge is 0.203 e. The van der Waals surface area contributed by atoms with Crippen LogP contribution < -0.4 is 5.32 Å². The van der Waals surface area contributed by atoms with Gasteiger partial charge in [0.2, 0.25) is 5.13 Å². The third-order valence-electron chi connectivity index (χ3n) is 1.10. The van der Waals surface area contributed by atoms with Crippen LogP contribution in [0.5, 0.6) is 0 Å². The number of anilines is 1. The topological polar surface area (TPSA) is 61.6 Å². The number of nitriles is 1. The van der Waals surface area contributed by atoms with Crippen LogP contribution in [-0.2, 0) is 6.42 Å². The first kappa shape index (κ1) is 7.95. The Bertz CT molecular complexity index is 262. The molecule has 5 heteroatoms. The van der Waals surface area contributed by atoms with Crippen LogP contribution in [-0.4, -0.2) is 15.9 Å². The fourth-order valence-electron chi connectivity index (χ4n) is 0.585. The van der Waals surface area contributed by atoms with Gasteiger partial charge in [-0.05, 0) is 0 Å². The highest BCUT2D eigenvalue weighted by Crippen LogP contribution is 2.09. The Morgan fingerprint density at radius 3 is 3.09 bits per heavy atom. The Morgan fingerprint density at radius 1 is 1.73 bits per heavy atom. The lowest BCUT2D eigenvalue weighted by atomic mass is 10.5. The first-order valence-corrected chi connectivity index (χ1v) is 4.07. The van der Waals surface area contributed by atoms with Crippen molar-refractivity contribution in [1.29, 1.82) is 5.26 Å². The summed E-state index contributed by atoms with van der Waals surface area (Å²) in [6.45, 7) is 2.29. The van der Waals surface area contributed by atoms with E-state index in [9.17, 15) is 0 Å². The van der Waals surface area contributed by atoms with Gasteiger partial charge >= 0.3 is 0 Å². The monoisotopic (exact) mass is 168 g/mol. The highest BCUT2D eigenvalue weighted by molar-refractivity contribution is 7.09.